The van der Waals surface area contributed by atoms with Crippen molar-refractivity contribution in [3.63, 3.8) is 0 Å². The van der Waals surface area contributed by atoms with Crippen molar-refractivity contribution >= 4 is 46.9 Å². The second-order valence-corrected chi connectivity index (χ2v) is 7.31. The molecular weight excluding hydrogens is 453 g/mol. The summed E-state index contributed by atoms with van der Waals surface area (Å²) in [4.78, 5) is 24.2. The number of nitrogens with zero attached hydrogens (tertiary/aromatic N) is 1. The third kappa shape index (κ3) is 6.73. The number of ether oxygens (including phenoxy) is 2. The minimum Gasteiger partial charge on any atom is -0.497 e. The average molecular weight is 472 g/mol. The van der Waals surface area contributed by atoms with Crippen LogP contribution in [0.15, 0.2) is 71.8 Å². The summed E-state index contributed by atoms with van der Waals surface area (Å²) in [6.07, 6.45) is 1.45. The van der Waals surface area contributed by atoms with Crippen LogP contribution in [0.3, 0.4) is 0 Å². The van der Waals surface area contributed by atoms with Gasteiger partial charge in [-0.15, -0.1) is 0 Å². The maximum atomic E-state index is 12.1. The molecule has 3 rings (SSSR count). The third-order valence-electron chi connectivity index (χ3n) is 4.15. The quantitative estimate of drug-likeness (QED) is 0.365. The number of carbonyl (C=O) groups is 2. The maximum Gasteiger partial charge on any atom is 0.271 e. The minimum absolute atomic E-state index is 0.216. The van der Waals surface area contributed by atoms with Crippen LogP contribution in [0.5, 0.6) is 11.5 Å². The van der Waals surface area contributed by atoms with E-state index in [1.807, 2.05) is 0 Å². The number of nitrogens with one attached hydrogen (secondary N) is 2. The zero-order valence-corrected chi connectivity index (χ0v) is 18.5. The van der Waals surface area contributed by atoms with Crippen LogP contribution in [0.4, 0.5) is 5.69 Å². The molecule has 0 spiro atoms. The molecule has 0 saturated carbocycles. The Labute approximate surface area is 194 Å². The summed E-state index contributed by atoms with van der Waals surface area (Å²) in [6.45, 7) is -0.216. The summed E-state index contributed by atoms with van der Waals surface area (Å²) < 4.78 is 10.6. The molecule has 0 aromatic heterocycles. The minimum atomic E-state index is -0.377. The van der Waals surface area contributed by atoms with E-state index in [4.69, 9.17) is 32.7 Å². The van der Waals surface area contributed by atoms with E-state index in [2.05, 4.69) is 15.8 Å². The Kier molecular flexibility index (Phi) is 8.08. The van der Waals surface area contributed by atoms with Gasteiger partial charge in [-0.1, -0.05) is 29.3 Å². The monoisotopic (exact) mass is 471 g/mol. The molecule has 0 atom stereocenters. The molecule has 0 unspecified atom stereocenters. The second-order valence-electron chi connectivity index (χ2n) is 6.46. The highest BCUT2D eigenvalue weighted by molar-refractivity contribution is 6.32. The van der Waals surface area contributed by atoms with Crippen molar-refractivity contribution in [1.82, 2.24) is 5.43 Å². The van der Waals surface area contributed by atoms with E-state index < -0.39 is 0 Å². The van der Waals surface area contributed by atoms with Crippen molar-refractivity contribution in [1.29, 1.82) is 0 Å². The molecule has 0 radical (unpaired) electrons. The van der Waals surface area contributed by atoms with Crippen LogP contribution in [0.25, 0.3) is 0 Å². The molecule has 2 N–H and O–H groups in total. The highest BCUT2D eigenvalue weighted by atomic mass is 35.5. The third-order valence-corrected chi connectivity index (χ3v) is 4.70. The van der Waals surface area contributed by atoms with Crippen molar-refractivity contribution in [3.8, 4) is 11.5 Å². The number of benzene rings is 3. The Morgan fingerprint density at radius 3 is 2.53 bits per heavy atom. The highest BCUT2D eigenvalue weighted by Crippen LogP contribution is 2.25. The summed E-state index contributed by atoms with van der Waals surface area (Å²) in [5, 5.41) is 7.50. The Hall–Kier alpha value is -3.55. The molecule has 0 aliphatic rings. The fraction of sp³-hybridized carbons (Fsp3) is 0.0870. The fourth-order valence-electron chi connectivity index (χ4n) is 2.58. The van der Waals surface area contributed by atoms with Crippen molar-refractivity contribution < 1.29 is 19.1 Å². The normalized spacial score (nSPS) is 10.6. The van der Waals surface area contributed by atoms with E-state index in [-0.39, 0.29) is 18.4 Å². The van der Waals surface area contributed by atoms with Crippen LogP contribution in [-0.2, 0) is 4.79 Å². The fourth-order valence-corrected chi connectivity index (χ4v) is 2.95. The number of hydrazone groups is 1. The number of hydrogen-bond acceptors (Lipinski definition) is 5. The summed E-state index contributed by atoms with van der Waals surface area (Å²) in [6, 6.07) is 18.4. The topological polar surface area (TPSA) is 89.0 Å². The zero-order valence-electron chi connectivity index (χ0n) is 17.0. The molecule has 0 aliphatic heterocycles. The first-order chi connectivity index (χ1) is 15.4. The molecule has 32 heavy (non-hydrogen) atoms. The van der Waals surface area contributed by atoms with Gasteiger partial charge >= 0.3 is 0 Å². The van der Waals surface area contributed by atoms with Gasteiger partial charge in [-0.2, -0.15) is 5.10 Å². The highest BCUT2D eigenvalue weighted by Gasteiger charge is 2.08. The van der Waals surface area contributed by atoms with Gasteiger partial charge < -0.3 is 14.8 Å². The van der Waals surface area contributed by atoms with Crippen LogP contribution >= 0.6 is 23.2 Å². The smallest absolute Gasteiger partial charge is 0.271 e. The lowest BCUT2D eigenvalue weighted by molar-refractivity contribution is -0.118. The van der Waals surface area contributed by atoms with Gasteiger partial charge in [0, 0.05) is 16.3 Å². The van der Waals surface area contributed by atoms with Crippen LogP contribution in [0, 0.1) is 0 Å². The molecule has 164 valence electrons. The van der Waals surface area contributed by atoms with Crippen molar-refractivity contribution in [2.75, 3.05) is 19.0 Å². The molecule has 3 aromatic carbocycles. The van der Waals surface area contributed by atoms with Crippen LogP contribution in [-0.4, -0.2) is 31.7 Å². The van der Waals surface area contributed by atoms with Gasteiger partial charge in [0.25, 0.3) is 11.8 Å². The first kappa shape index (κ1) is 23.1. The predicted molar refractivity (Wildman–Crippen MR) is 125 cm³/mol. The number of carbonyl (C=O) groups excluding carboxylic acids is 2. The average Bonchev–Trinajstić information content (AvgIpc) is 2.80. The van der Waals surface area contributed by atoms with Gasteiger partial charge in [-0.05, 0) is 66.2 Å². The van der Waals surface area contributed by atoms with Gasteiger partial charge in [0.05, 0.1) is 18.3 Å². The zero-order chi connectivity index (χ0) is 22.9. The summed E-state index contributed by atoms with van der Waals surface area (Å²) >= 11 is 12.0. The number of hydrogen-bond donors (Lipinski definition) is 2. The first-order valence-corrected chi connectivity index (χ1v) is 10.2. The van der Waals surface area contributed by atoms with Crippen LogP contribution in [0.1, 0.15) is 15.9 Å². The van der Waals surface area contributed by atoms with Crippen molar-refractivity contribution in [2.24, 2.45) is 5.10 Å². The largest absolute Gasteiger partial charge is 0.497 e. The molecule has 9 heteroatoms. The SMILES string of the molecule is COc1cccc(C(=O)N/N=C/c2ccc(OCC(=O)Nc3ccc(Cl)cc3)c(Cl)c2)c1. The Morgan fingerprint density at radius 2 is 1.81 bits per heavy atom. The van der Waals surface area contributed by atoms with Gasteiger partial charge in [0.2, 0.25) is 0 Å². The van der Waals surface area contributed by atoms with Crippen molar-refractivity contribution in [2.45, 2.75) is 0 Å². The molecule has 7 nitrogen and oxygen atoms in total. The van der Waals surface area contributed by atoms with Gasteiger partial charge in [0.15, 0.2) is 6.61 Å². The number of amides is 2. The number of anilines is 1. The molecular formula is C23H19Cl2N3O4. The maximum absolute atomic E-state index is 12.1. The van der Waals surface area contributed by atoms with E-state index in [0.717, 1.165) is 0 Å². The van der Waals surface area contributed by atoms with E-state index in [9.17, 15) is 9.59 Å². The standard InChI is InChI=1S/C23H19Cl2N3O4/c1-31-19-4-2-3-16(12-19)23(30)28-26-13-15-5-10-21(20(25)11-15)32-14-22(29)27-18-8-6-17(24)7-9-18/h2-13H,14H2,1H3,(H,27,29)(H,28,30)/b26-13+. The Bertz CT molecular complexity index is 1130. The summed E-state index contributed by atoms with van der Waals surface area (Å²) in [5.74, 6) is 0.202. The summed E-state index contributed by atoms with van der Waals surface area (Å²) in [7, 11) is 1.53. The molecule has 0 bridgehead atoms. The molecule has 0 fully saturated rings. The Morgan fingerprint density at radius 1 is 1.03 bits per heavy atom. The summed E-state index contributed by atoms with van der Waals surface area (Å²) in [5.41, 5.74) is 4.10. The molecule has 0 aliphatic carbocycles. The number of methoxy groups -OCH3 is 1. The van der Waals surface area contributed by atoms with Crippen molar-refractivity contribution in [3.05, 3.63) is 87.9 Å². The van der Waals surface area contributed by atoms with E-state index in [1.54, 1.807) is 66.7 Å². The molecule has 3 aromatic rings. The van der Waals surface area contributed by atoms with Crippen LogP contribution < -0.4 is 20.2 Å². The molecule has 2 amide bonds. The second kappa shape index (κ2) is 11.2. The van der Waals surface area contributed by atoms with Gasteiger partial charge in [0.1, 0.15) is 11.5 Å². The lowest BCUT2D eigenvalue weighted by Crippen LogP contribution is -2.20. The van der Waals surface area contributed by atoms with Crippen LogP contribution in [0.2, 0.25) is 10.0 Å². The molecule has 0 saturated heterocycles. The lowest BCUT2D eigenvalue weighted by Gasteiger charge is -2.09. The van der Waals surface area contributed by atoms with E-state index >= 15 is 0 Å². The lowest BCUT2D eigenvalue weighted by atomic mass is 10.2. The first-order valence-electron chi connectivity index (χ1n) is 9.40. The van der Waals surface area contributed by atoms with E-state index in [0.29, 0.717) is 38.4 Å². The van der Waals surface area contributed by atoms with Gasteiger partial charge in [-0.3, -0.25) is 9.59 Å². The molecule has 0 heterocycles. The number of halogens is 2. The van der Waals surface area contributed by atoms with E-state index in [1.165, 1.54) is 13.3 Å². The number of rotatable bonds is 8. The Balaban J connectivity index is 1.52. The predicted octanol–water partition coefficient (Wildman–Crippen LogP) is 4.78. The van der Waals surface area contributed by atoms with Gasteiger partial charge in [-0.25, -0.2) is 5.43 Å².